The van der Waals surface area contributed by atoms with Crippen molar-refractivity contribution in [1.82, 2.24) is 9.96 Å². The Morgan fingerprint density at radius 1 is 1.07 bits per heavy atom. The molecule has 3 amide bonds. The third-order valence-electron chi connectivity index (χ3n) is 4.75. The van der Waals surface area contributed by atoms with Crippen LogP contribution in [0.2, 0.25) is 0 Å². The molecule has 1 saturated heterocycles. The third-order valence-corrected chi connectivity index (χ3v) is 4.75. The maximum atomic E-state index is 12.7. The van der Waals surface area contributed by atoms with Crippen LogP contribution < -0.4 is 0 Å². The number of ether oxygens (including phenoxy) is 2. The van der Waals surface area contributed by atoms with Crippen LogP contribution in [0.3, 0.4) is 0 Å². The van der Waals surface area contributed by atoms with Gasteiger partial charge in [0.25, 0.3) is 11.8 Å². The molecular weight excluding hydrogens is 380 g/mol. The summed E-state index contributed by atoms with van der Waals surface area (Å²) in [4.78, 5) is 56.3. The van der Waals surface area contributed by atoms with E-state index in [-0.39, 0.29) is 30.6 Å². The van der Waals surface area contributed by atoms with Crippen LogP contribution in [0.15, 0.2) is 24.3 Å². The minimum Gasteiger partial charge on any atom is -0.444 e. The molecule has 29 heavy (non-hydrogen) atoms. The third kappa shape index (κ3) is 4.24. The monoisotopic (exact) mass is 404 g/mol. The second-order valence-electron chi connectivity index (χ2n) is 7.96. The van der Waals surface area contributed by atoms with Gasteiger partial charge in [-0.2, -0.15) is 0 Å². The zero-order chi connectivity index (χ0) is 21.3. The summed E-state index contributed by atoms with van der Waals surface area (Å²) in [6.45, 7) is 5.70. The lowest BCUT2D eigenvalue weighted by atomic mass is 9.94. The van der Waals surface area contributed by atoms with Crippen molar-refractivity contribution in [3.63, 3.8) is 0 Å². The summed E-state index contributed by atoms with van der Waals surface area (Å²) in [5.74, 6) is -2.85. The molecule has 2 unspecified atom stereocenters. The van der Waals surface area contributed by atoms with Crippen LogP contribution in [-0.2, 0) is 19.1 Å². The number of rotatable bonds is 3. The highest BCUT2D eigenvalue weighted by Crippen LogP contribution is 2.27. The number of nitrogens with zero attached hydrogens (tertiary/aromatic N) is 2. The highest BCUT2D eigenvalue weighted by molar-refractivity contribution is 6.20. The van der Waals surface area contributed by atoms with Crippen molar-refractivity contribution in [2.75, 3.05) is 20.2 Å². The van der Waals surface area contributed by atoms with Crippen molar-refractivity contribution < 1.29 is 33.5 Å². The van der Waals surface area contributed by atoms with Crippen molar-refractivity contribution >= 4 is 23.9 Å². The number of hydrogen-bond donors (Lipinski definition) is 0. The van der Waals surface area contributed by atoms with Crippen LogP contribution in [-0.4, -0.2) is 65.7 Å². The van der Waals surface area contributed by atoms with E-state index in [1.807, 2.05) is 0 Å². The summed E-state index contributed by atoms with van der Waals surface area (Å²) < 4.78 is 10.7. The number of methoxy groups -OCH3 is 1. The summed E-state index contributed by atoms with van der Waals surface area (Å²) in [5.41, 5.74) is -0.261. The highest BCUT2D eigenvalue weighted by atomic mass is 16.7. The second-order valence-corrected chi connectivity index (χ2v) is 7.96. The van der Waals surface area contributed by atoms with Crippen LogP contribution in [0.4, 0.5) is 4.79 Å². The van der Waals surface area contributed by atoms with Gasteiger partial charge in [-0.25, -0.2) is 9.59 Å². The highest BCUT2D eigenvalue weighted by Gasteiger charge is 2.43. The average molecular weight is 404 g/mol. The topological polar surface area (TPSA) is 102 Å². The fourth-order valence-electron chi connectivity index (χ4n) is 3.33. The standard InChI is InChI=1S/C20H24N2O7/c1-20(2,3)28-19(26)21-10-9-14(15(11-21)27-4)18(25)29-22-16(23)12-7-5-6-8-13(12)17(22)24/h5-8,14-15H,9-11H2,1-4H3. The van der Waals surface area contributed by atoms with Gasteiger partial charge in [0.05, 0.1) is 29.7 Å². The van der Waals surface area contributed by atoms with E-state index in [0.29, 0.717) is 5.06 Å². The summed E-state index contributed by atoms with van der Waals surface area (Å²) in [6.07, 6.45) is -0.898. The molecule has 1 aromatic carbocycles. The fraction of sp³-hybridized carbons (Fsp3) is 0.500. The van der Waals surface area contributed by atoms with Gasteiger partial charge in [-0.1, -0.05) is 17.2 Å². The molecule has 3 rings (SSSR count). The SMILES string of the molecule is COC1CN(C(=O)OC(C)(C)C)CCC1C(=O)ON1C(=O)c2ccccc2C1=O. The average Bonchev–Trinajstić information content (AvgIpc) is 2.91. The van der Waals surface area contributed by atoms with E-state index in [4.69, 9.17) is 14.3 Å². The van der Waals surface area contributed by atoms with Gasteiger partial charge in [0.2, 0.25) is 0 Å². The van der Waals surface area contributed by atoms with E-state index in [2.05, 4.69) is 0 Å². The number of amides is 3. The van der Waals surface area contributed by atoms with Gasteiger partial charge >= 0.3 is 12.1 Å². The number of fused-ring (bicyclic) bond motifs is 1. The molecular formula is C20H24N2O7. The van der Waals surface area contributed by atoms with Gasteiger partial charge in [0, 0.05) is 13.7 Å². The largest absolute Gasteiger partial charge is 0.444 e. The molecule has 2 aliphatic rings. The Hall–Kier alpha value is -2.94. The van der Waals surface area contributed by atoms with Crippen LogP contribution >= 0.6 is 0 Å². The van der Waals surface area contributed by atoms with E-state index in [9.17, 15) is 19.2 Å². The van der Waals surface area contributed by atoms with Crippen LogP contribution in [0.5, 0.6) is 0 Å². The number of hydroxylamine groups is 2. The molecule has 0 spiro atoms. The molecule has 2 heterocycles. The molecule has 0 aromatic heterocycles. The lowest BCUT2D eigenvalue weighted by molar-refractivity contribution is -0.181. The number of benzene rings is 1. The number of carbonyl (C=O) groups is 4. The summed E-state index contributed by atoms with van der Waals surface area (Å²) in [6, 6.07) is 6.26. The molecule has 9 heteroatoms. The Morgan fingerprint density at radius 2 is 1.66 bits per heavy atom. The number of imide groups is 1. The molecule has 2 aliphatic heterocycles. The minimum atomic E-state index is -0.754. The zero-order valence-corrected chi connectivity index (χ0v) is 16.8. The number of piperidine rings is 1. The smallest absolute Gasteiger partial charge is 0.410 e. The van der Waals surface area contributed by atoms with Gasteiger partial charge in [-0.15, -0.1) is 0 Å². The predicted octanol–water partition coefficient (Wildman–Crippen LogP) is 2.01. The molecule has 9 nitrogen and oxygen atoms in total. The van der Waals surface area contributed by atoms with E-state index in [1.165, 1.54) is 24.1 Å². The number of carbonyl (C=O) groups excluding carboxylic acids is 4. The first-order valence-corrected chi connectivity index (χ1v) is 9.32. The molecule has 0 radical (unpaired) electrons. The number of hydrogen-bond acceptors (Lipinski definition) is 7. The normalized spacial score (nSPS) is 21.8. The first kappa shape index (κ1) is 20.8. The quantitative estimate of drug-likeness (QED) is 0.710. The molecule has 1 fully saturated rings. The Bertz CT molecular complexity index is 810. The molecule has 0 aliphatic carbocycles. The first-order chi connectivity index (χ1) is 13.6. The predicted molar refractivity (Wildman–Crippen MR) is 99.7 cm³/mol. The maximum Gasteiger partial charge on any atom is 0.410 e. The second kappa shape index (κ2) is 7.82. The van der Waals surface area contributed by atoms with Crippen molar-refractivity contribution in [3.05, 3.63) is 35.4 Å². The van der Waals surface area contributed by atoms with Gasteiger partial charge in [0.1, 0.15) is 5.60 Å². The summed E-state index contributed by atoms with van der Waals surface area (Å²) in [7, 11) is 1.42. The Labute approximate surface area is 168 Å². The summed E-state index contributed by atoms with van der Waals surface area (Å²) >= 11 is 0. The van der Waals surface area contributed by atoms with Crippen molar-refractivity contribution in [1.29, 1.82) is 0 Å². The first-order valence-electron chi connectivity index (χ1n) is 9.32. The summed E-state index contributed by atoms with van der Waals surface area (Å²) in [5, 5.41) is 0.486. The Morgan fingerprint density at radius 3 is 2.17 bits per heavy atom. The molecule has 2 atom stereocenters. The Kier molecular flexibility index (Phi) is 5.61. The Balaban J connectivity index is 1.65. The fourth-order valence-corrected chi connectivity index (χ4v) is 3.33. The molecule has 0 bridgehead atoms. The van der Waals surface area contributed by atoms with E-state index in [1.54, 1.807) is 32.9 Å². The van der Waals surface area contributed by atoms with Crippen molar-refractivity contribution in [2.24, 2.45) is 5.92 Å². The van der Waals surface area contributed by atoms with Gasteiger partial charge in [-0.3, -0.25) is 9.59 Å². The lowest BCUT2D eigenvalue weighted by Gasteiger charge is -2.37. The van der Waals surface area contributed by atoms with Crippen LogP contribution in [0.25, 0.3) is 0 Å². The zero-order valence-electron chi connectivity index (χ0n) is 16.8. The van der Waals surface area contributed by atoms with Crippen LogP contribution in [0, 0.1) is 5.92 Å². The van der Waals surface area contributed by atoms with E-state index in [0.717, 1.165) is 0 Å². The van der Waals surface area contributed by atoms with Crippen molar-refractivity contribution in [3.8, 4) is 0 Å². The van der Waals surface area contributed by atoms with E-state index >= 15 is 0 Å². The number of likely N-dealkylation sites (tertiary alicyclic amines) is 1. The molecule has 1 aromatic rings. The molecule has 0 N–H and O–H groups in total. The van der Waals surface area contributed by atoms with Crippen LogP contribution in [0.1, 0.15) is 47.9 Å². The van der Waals surface area contributed by atoms with Gasteiger partial charge in [0.15, 0.2) is 0 Å². The molecule has 156 valence electrons. The minimum absolute atomic E-state index is 0.132. The maximum absolute atomic E-state index is 12.7. The van der Waals surface area contributed by atoms with Gasteiger partial charge in [-0.05, 0) is 39.3 Å². The van der Waals surface area contributed by atoms with Crippen molar-refractivity contribution in [2.45, 2.75) is 38.9 Å². The van der Waals surface area contributed by atoms with E-state index < -0.39 is 41.5 Å². The lowest BCUT2D eigenvalue weighted by Crippen LogP contribution is -2.52. The van der Waals surface area contributed by atoms with Gasteiger partial charge < -0.3 is 19.2 Å². The molecule has 0 saturated carbocycles.